The van der Waals surface area contributed by atoms with E-state index in [1.54, 1.807) is 5.57 Å². The Morgan fingerprint density at radius 3 is 2.08 bits per heavy atom. The quantitative estimate of drug-likeness (QED) is 0.511. The van der Waals surface area contributed by atoms with E-state index in [2.05, 4.69) is 33.8 Å². The van der Waals surface area contributed by atoms with Gasteiger partial charge in [-0.3, -0.25) is 0 Å². The molecule has 0 nitrogen and oxygen atoms in total. The highest BCUT2D eigenvalue weighted by Crippen LogP contribution is 2.36. The highest BCUT2D eigenvalue weighted by Gasteiger charge is 2.21. The summed E-state index contributed by atoms with van der Waals surface area (Å²) in [6.07, 6.45) is 6.43. The number of allylic oxidation sites excluding steroid dienone is 2. The first kappa shape index (κ1) is 12.7. The number of hydrogen-bond acceptors (Lipinski definition) is 0. The summed E-state index contributed by atoms with van der Waals surface area (Å²) in [5.74, 6) is 0.770. The summed E-state index contributed by atoms with van der Waals surface area (Å²) >= 11 is 0. The van der Waals surface area contributed by atoms with Crippen LogP contribution in [0.2, 0.25) is 0 Å². The zero-order valence-electron chi connectivity index (χ0n) is 10.3. The fourth-order valence-corrected chi connectivity index (χ4v) is 1.62. The van der Waals surface area contributed by atoms with E-state index in [1.165, 1.54) is 19.3 Å². The lowest BCUT2D eigenvalue weighted by atomic mass is 9.76. The molecule has 0 aromatic rings. The molecule has 0 N–H and O–H groups in total. The predicted octanol–water partition coefficient (Wildman–Crippen LogP) is 4.81. The third kappa shape index (κ3) is 4.50. The topological polar surface area (TPSA) is 0 Å². The van der Waals surface area contributed by atoms with Crippen molar-refractivity contribution in [3.63, 3.8) is 0 Å². The molecule has 0 radical (unpaired) electrons. The average Bonchev–Trinajstić information content (AvgIpc) is 2.07. The first-order valence-electron chi connectivity index (χ1n) is 5.70. The van der Waals surface area contributed by atoms with Crippen LogP contribution >= 0.6 is 0 Å². The number of hydrogen-bond donors (Lipinski definition) is 0. The van der Waals surface area contributed by atoms with Crippen LogP contribution in [0.15, 0.2) is 11.6 Å². The van der Waals surface area contributed by atoms with Gasteiger partial charge < -0.3 is 0 Å². The van der Waals surface area contributed by atoms with E-state index in [0.29, 0.717) is 5.41 Å². The third-order valence-electron chi connectivity index (χ3n) is 2.75. The van der Waals surface area contributed by atoms with Crippen molar-refractivity contribution in [2.24, 2.45) is 11.3 Å². The maximum absolute atomic E-state index is 2.45. The van der Waals surface area contributed by atoms with Crippen molar-refractivity contribution in [2.75, 3.05) is 0 Å². The van der Waals surface area contributed by atoms with Crippen LogP contribution in [0.4, 0.5) is 0 Å². The molecule has 0 fully saturated rings. The predicted molar refractivity (Wildman–Crippen MR) is 61.9 cm³/mol. The normalized spacial score (nSPS) is 20.4. The molecule has 0 amide bonds. The van der Waals surface area contributed by atoms with E-state index in [4.69, 9.17) is 0 Å². The molecule has 0 heteroatoms. The molecule has 1 rings (SSSR count). The van der Waals surface area contributed by atoms with Crippen LogP contribution < -0.4 is 0 Å². The lowest BCUT2D eigenvalue weighted by Crippen LogP contribution is -2.15. The van der Waals surface area contributed by atoms with E-state index >= 15 is 0 Å². The standard InChI is InChI=1S/C11H20.C2H6/c1-9(2)10-5-7-11(3,4)8-6-10;1-2/h5,9H,6-8H2,1-4H3;1-2H3. The van der Waals surface area contributed by atoms with Crippen LogP contribution in [0.3, 0.4) is 0 Å². The molecule has 0 bridgehead atoms. The van der Waals surface area contributed by atoms with E-state index in [-0.39, 0.29) is 0 Å². The van der Waals surface area contributed by atoms with E-state index in [0.717, 1.165) is 5.92 Å². The molecule has 0 aliphatic heterocycles. The lowest BCUT2D eigenvalue weighted by molar-refractivity contribution is 0.317. The zero-order chi connectivity index (χ0) is 10.5. The van der Waals surface area contributed by atoms with Crippen molar-refractivity contribution in [3.05, 3.63) is 11.6 Å². The second-order valence-electron chi connectivity index (χ2n) is 4.80. The van der Waals surface area contributed by atoms with E-state index in [9.17, 15) is 0 Å². The smallest absolute Gasteiger partial charge is 0.0260 e. The summed E-state index contributed by atoms with van der Waals surface area (Å²) in [5.41, 5.74) is 2.24. The summed E-state index contributed by atoms with van der Waals surface area (Å²) in [6.45, 7) is 13.3. The summed E-state index contributed by atoms with van der Waals surface area (Å²) in [7, 11) is 0. The maximum atomic E-state index is 2.45. The van der Waals surface area contributed by atoms with Crippen molar-refractivity contribution in [1.82, 2.24) is 0 Å². The van der Waals surface area contributed by atoms with Crippen molar-refractivity contribution >= 4 is 0 Å². The molecule has 13 heavy (non-hydrogen) atoms. The maximum Gasteiger partial charge on any atom is -0.0260 e. The molecule has 0 spiro atoms. The molecule has 0 saturated carbocycles. The molecular weight excluding hydrogens is 156 g/mol. The van der Waals surface area contributed by atoms with Crippen molar-refractivity contribution in [3.8, 4) is 0 Å². The van der Waals surface area contributed by atoms with Crippen molar-refractivity contribution in [1.29, 1.82) is 0 Å². The van der Waals surface area contributed by atoms with Crippen LogP contribution in [0.1, 0.15) is 60.8 Å². The molecule has 0 unspecified atom stereocenters. The fourth-order valence-electron chi connectivity index (χ4n) is 1.62. The van der Waals surface area contributed by atoms with Gasteiger partial charge in [-0.15, -0.1) is 0 Å². The minimum atomic E-state index is 0.568. The summed E-state index contributed by atoms with van der Waals surface area (Å²) in [5, 5.41) is 0. The van der Waals surface area contributed by atoms with Gasteiger partial charge in [0.15, 0.2) is 0 Å². The Bertz CT molecular complexity index is 161. The Labute approximate surface area is 84.4 Å². The lowest BCUT2D eigenvalue weighted by Gasteiger charge is -2.29. The summed E-state index contributed by atoms with van der Waals surface area (Å²) < 4.78 is 0. The Morgan fingerprint density at radius 1 is 1.23 bits per heavy atom. The summed E-state index contributed by atoms with van der Waals surface area (Å²) in [4.78, 5) is 0. The van der Waals surface area contributed by atoms with Crippen LogP contribution in [0.5, 0.6) is 0 Å². The molecule has 0 saturated heterocycles. The van der Waals surface area contributed by atoms with Crippen LogP contribution in [-0.4, -0.2) is 0 Å². The van der Waals surface area contributed by atoms with Gasteiger partial charge in [0, 0.05) is 0 Å². The van der Waals surface area contributed by atoms with Gasteiger partial charge in [0.1, 0.15) is 0 Å². The summed E-state index contributed by atoms with van der Waals surface area (Å²) in [6, 6.07) is 0. The van der Waals surface area contributed by atoms with Crippen LogP contribution in [-0.2, 0) is 0 Å². The molecule has 0 aromatic heterocycles. The van der Waals surface area contributed by atoms with E-state index in [1.807, 2.05) is 13.8 Å². The van der Waals surface area contributed by atoms with Gasteiger partial charge in [-0.25, -0.2) is 0 Å². The van der Waals surface area contributed by atoms with Gasteiger partial charge in [-0.2, -0.15) is 0 Å². The molecule has 0 aromatic carbocycles. The molecule has 0 atom stereocenters. The van der Waals surface area contributed by atoms with E-state index < -0.39 is 0 Å². The van der Waals surface area contributed by atoms with Gasteiger partial charge in [0.2, 0.25) is 0 Å². The Balaban J connectivity index is 0.000000671. The SMILES string of the molecule is CC.CC(C)C1=CCC(C)(C)CC1. The minimum Gasteiger partial charge on any atom is -0.0845 e. The molecule has 1 aliphatic carbocycles. The molecular formula is C13H26. The minimum absolute atomic E-state index is 0.568. The first-order chi connectivity index (χ1) is 6.01. The second-order valence-corrected chi connectivity index (χ2v) is 4.80. The van der Waals surface area contributed by atoms with Gasteiger partial charge in [0.25, 0.3) is 0 Å². The molecule has 0 heterocycles. The largest absolute Gasteiger partial charge is 0.0845 e. The number of rotatable bonds is 1. The third-order valence-corrected chi connectivity index (χ3v) is 2.75. The molecule has 1 aliphatic rings. The monoisotopic (exact) mass is 182 g/mol. The van der Waals surface area contributed by atoms with Crippen molar-refractivity contribution in [2.45, 2.75) is 60.8 Å². The second kappa shape index (κ2) is 5.47. The fraction of sp³-hybridized carbons (Fsp3) is 0.846. The van der Waals surface area contributed by atoms with Gasteiger partial charge in [0.05, 0.1) is 0 Å². The van der Waals surface area contributed by atoms with Crippen LogP contribution in [0.25, 0.3) is 0 Å². The Hall–Kier alpha value is -0.260. The van der Waals surface area contributed by atoms with Gasteiger partial charge in [-0.05, 0) is 30.6 Å². The van der Waals surface area contributed by atoms with Crippen LogP contribution in [0, 0.1) is 11.3 Å². The highest BCUT2D eigenvalue weighted by atomic mass is 14.3. The first-order valence-corrected chi connectivity index (χ1v) is 5.70. The zero-order valence-corrected chi connectivity index (χ0v) is 10.3. The highest BCUT2D eigenvalue weighted by molar-refractivity contribution is 5.10. The van der Waals surface area contributed by atoms with Crippen molar-refractivity contribution < 1.29 is 0 Å². The Morgan fingerprint density at radius 2 is 1.77 bits per heavy atom. The molecule has 78 valence electrons. The average molecular weight is 182 g/mol. The van der Waals surface area contributed by atoms with Gasteiger partial charge in [-0.1, -0.05) is 53.2 Å². The Kier molecular flexibility index (Phi) is 5.36. The van der Waals surface area contributed by atoms with Gasteiger partial charge >= 0.3 is 0 Å².